The Bertz CT molecular complexity index is 1400. The summed E-state index contributed by atoms with van der Waals surface area (Å²) in [5.41, 5.74) is 2.77. The van der Waals surface area contributed by atoms with E-state index in [-0.39, 0.29) is 30.5 Å². The Morgan fingerprint density at radius 1 is 1.22 bits per heavy atom. The molecular formula is C21H17FN6O4. The van der Waals surface area contributed by atoms with Gasteiger partial charge in [0.15, 0.2) is 17.2 Å². The molecule has 0 unspecified atom stereocenters. The van der Waals surface area contributed by atoms with Crippen molar-refractivity contribution in [3.8, 4) is 17.2 Å². The average molecular weight is 436 g/mol. The van der Waals surface area contributed by atoms with Gasteiger partial charge >= 0.3 is 6.09 Å². The lowest BCUT2D eigenvalue weighted by Gasteiger charge is -2.23. The summed E-state index contributed by atoms with van der Waals surface area (Å²) in [4.78, 5) is 17.7. The molecule has 0 aliphatic carbocycles. The molecule has 11 heteroatoms. The van der Waals surface area contributed by atoms with Gasteiger partial charge in [-0.3, -0.25) is 9.30 Å². The van der Waals surface area contributed by atoms with E-state index >= 15 is 0 Å². The number of anilines is 1. The lowest BCUT2D eigenvalue weighted by Crippen LogP contribution is -2.31. The van der Waals surface area contributed by atoms with E-state index in [4.69, 9.17) is 9.47 Å². The first-order valence-electron chi connectivity index (χ1n) is 9.96. The molecule has 5 heterocycles. The van der Waals surface area contributed by atoms with Crippen LogP contribution in [0.5, 0.6) is 11.5 Å². The molecule has 6 rings (SSSR count). The van der Waals surface area contributed by atoms with Gasteiger partial charge in [-0.05, 0) is 19.1 Å². The van der Waals surface area contributed by atoms with Gasteiger partial charge in [0.1, 0.15) is 17.9 Å². The molecule has 1 aromatic carbocycles. The minimum absolute atomic E-state index is 0.194. The monoisotopic (exact) mass is 436 g/mol. The summed E-state index contributed by atoms with van der Waals surface area (Å²) in [5, 5.41) is 18.3. The first kappa shape index (κ1) is 18.6. The number of nitrogens with zero attached hydrogens (tertiary/aromatic N) is 6. The molecule has 10 nitrogen and oxygen atoms in total. The Hall–Kier alpha value is -4.15. The van der Waals surface area contributed by atoms with Crippen molar-refractivity contribution >= 4 is 17.6 Å². The van der Waals surface area contributed by atoms with Crippen LogP contribution < -0.4 is 14.4 Å². The van der Waals surface area contributed by atoms with Gasteiger partial charge in [0.05, 0.1) is 43.4 Å². The molecule has 2 aliphatic rings. The standard InChI is InChI=1S/C21H17FN6O4/c1-11-5-26(9-23-11)15-4-17-20(28-10-24-25-19(15)28)27(21(29)30)6-13-14(22)2-3-16-18(13)12(7-31-16)8-32-17/h2-5,9-10,12H,6-8H2,1H3,(H,29,30)/t12-/m0/s1. The third kappa shape index (κ3) is 2.63. The largest absolute Gasteiger partial charge is 0.493 e. The summed E-state index contributed by atoms with van der Waals surface area (Å²) < 4.78 is 30.1. The van der Waals surface area contributed by atoms with Crippen LogP contribution in [0.15, 0.2) is 37.1 Å². The van der Waals surface area contributed by atoms with Crippen LogP contribution >= 0.6 is 0 Å². The number of carboxylic acid groups (broad SMARTS) is 1. The quantitative estimate of drug-likeness (QED) is 0.489. The van der Waals surface area contributed by atoms with Gasteiger partial charge in [-0.25, -0.2) is 14.2 Å². The highest BCUT2D eigenvalue weighted by atomic mass is 19.1. The van der Waals surface area contributed by atoms with E-state index in [0.717, 1.165) is 10.6 Å². The zero-order chi connectivity index (χ0) is 22.0. The second kappa shape index (κ2) is 6.67. The van der Waals surface area contributed by atoms with Gasteiger partial charge in [-0.15, -0.1) is 10.2 Å². The number of imidazole rings is 1. The Balaban J connectivity index is 1.61. The van der Waals surface area contributed by atoms with E-state index in [2.05, 4.69) is 15.2 Å². The number of ether oxygens (including phenoxy) is 2. The van der Waals surface area contributed by atoms with E-state index in [1.54, 1.807) is 23.0 Å². The number of benzene rings is 1. The molecule has 1 N–H and O–H groups in total. The second-order valence-electron chi connectivity index (χ2n) is 7.79. The predicted octanol–water partition coefficient (Wildman–Crippen LogP) is 2.92. The molecule has 32 heavy (non-hydrogen) atoms. The topological polar surface area (TPSA) is 107 Å². The smallest absolute Gasteiger partial charge is 0.413 e. The van der Waals surface area contributed by atoms with Gasteiger partial charge in [0.2, 0.25) is 0 Å². The Kier molecular flexibility index (Phi) is 3.88. The lowest BCUT2D eigenvalue weighted by atomic mass is 9.95. The summed E-state index contributed by atoms with van der Waals surface area (Å²) in [7, 11) is 0. The molecule has 0 saturated heterocycles. The molecule has 0 saturated carbocycles. The Labute approximate surface area is 180 Å². The fourth-order valence-corrected chi connectivity index (χ4v) is 4.39. The van der Waals surface area contributed by atoms with Crippen molar-refractivity contribution in [2.75, 3.05) is 18.1 Å². The van der Waals surface area contributed by atoms with Gasteiger partial charge < -0.3 is 19.1 Å². The number of pyridine rings is 1. The summed E-state index contributed by atoms with van der Waals surface area (Å²) in [6, 6.07) is 4.58. The number of hydrogen-bond donors (Lipinski definition) is 1. The van der Waals surface area contributed by atoms with E-state index < -0.39 is 11.9 Å². The van der Waals surface area contributed by atoms with Crippen molar-refractivity contribution in [3.05, 3.63) is 59.7 Å². The number of carbonyl (C=O) groups is 1. The number of aryl methyl sites for hydroxylation is 1. The molecule has 1 atom stereocenters. The third-order valence-corrected chi connectivity index (χ3v) is 5.83. The minimum Gasteiger partial charge on any atom is -0.493 e. The molecule has 162 valence electrons. The number of halogens is 1. The predicted molar refractivity (Wildman–Crippen MR) is 109 cm³/mol. The van der Waals surface area contributed by atoms with Crippen molar-refractivity contribution in [1.82, 2.24) is 24.1 Å². The first-order valence-corrected chi connectivity index (χ1v) is 9.96. The van der Waals surface area contributed by atoms with E-state index in [1.165, 1.54) is 16.8 Å². The number of fused-ring (bicyclic) bond motifs is 3. The maximum atomic E-state index is 14.9. The van der Waals surface area contributed by atoms with Crippen LogP contribution in [0.3, 0.4) is 0 Å². The summed E-state index contributed by atoms with van der Waals surface area (Å²) in [6.07, 6.45) is 3.62. The number of aromatic nitrogens is 5. The fourth-order valence-electron chi connectivity index (χ4n) is 4.39. The van der Waals surface area contributed by atoms with Crippen molar-refractivity contribution < 1.29 is 23.8 Å². The molecule has 0 radical (unpaired) electrons. The second-order valence-corrected chi connectivity index (χ2v) is 7.79. The highest BCUT2D eigenvalue weighted by molar-refractivity contribution is 5.88. The zero-order valence-electron chi connectivity index (χ0n) is 16.9. The fraction of sp³-hybridized carbons (Fsp3) is 0.238. The van der Waals surface area contributed by atoms with E-state index in [0.29, 0.717) is 35.0 Å². The Morgan fingerprint density at radius 3 is 2.78 bits per heavy atom. The SMILES string of the molecule is Cc1cn(-c2cc3c(n4cnnc24)N(C(=O)O)Cc2c(F)ccc4c2[C@@H](CO4)CO3)cn1. The minimum atomic E-state index is -1.26. The van der Waals surface area contributed by atoms with Crippen LogP contribution in [0.4, 0.5) is 15.0 Å². The number of hydrogen-bond acceptors (Lipinski definition) is 6. The molecule has 0 bridgehead atoms. The maximum Gasteiger partial charge on any atom is 0.413 e. The summed E-state index contributed by atoms with van der Waals surface area (Å²) in [5.74, 6) is 0.348. The normalized spacial score (nSPS) is 17.1. The number of rotatable bonds is 1. The highest BCUT2D eigenvalue weighted by Crippen LogP contribution is 2.42. The summed E-state index contributed by atoms with van der Waals surface area (Å²) in [6.45, 7) is 2.18. The van der Waals surface area contributed by atoms with Crippen LogP contribution in [0.2, 0.25) is 0 Å². The van der Waals surface area contributed by atoms with E-state index in [9.17, 15) is 14.3 Å². The molecular weight excluding hydrogens is 419 g/mol. The van der Waals surface area contributed by atoms with Gasteiger partial charge in [0, 0.05) is 23.4 Å². The van der Waals surface area contributed by atoms with Gasteiger partial charge in [-0.1, -0.05) is 0 Å². The molecule has 2 aliphatic heterocycles. The molecule has 3 aromatic heterocycles. The molecule has 0 fully saturated rings. The van der Waals surface area contributed by atoms with E-state index in [1.807, 2.05) is 13.1 Å². The average Bonchev–Trinajstić information content (AvgIpc) is 3.50. The van der Waals surface area contributed by atoms with Crippen molar-refractivity contribution in [3.63, 3.8) is 0 Å². The first-order chi connectivity index (χ1) is 15.5. The number of amides is 1. The summed E-state index contributed by atoms with van der Waals surface area (Å²) >= 11 is 0. The van der Waals surface area contributed by atoms with Crippen molar-refractivity contribution in [2.45, 2.75) is 19.4 Å². The van der Waals surface area contributed by atoms with Gasteiger partial charge in [0.25, 0.3) is 0 Å². The Morgan fingerprint density at radius 2 is 2.03 bits per heavy atom. The molecule has 4 aromatic rings. The lowest BCUT2D eigenvalue weighted by molar-refractivity contribution is 0.200. The maximum absolute atomic E-state index is 14.9. The van der Waals surface area contributed by atoms with Crippen LogP contribution in [0.1, 0.15) is 22.7 Å². The molecule has 1 amide bonds. The van der Waals surface area contributed by atoms with Crippen LogP contribution in [0.25, 0.3) is 11.3 Å². The van der Waals surface area contributed by atoms with Gasteiger partial charge in [-0.2, -0.15) is 0 Å². The third-order valence-electron chi connectivity index (χ3n) is 5.83. The van der Waals surface area contributed by atoms with Crippen LogP contribution in [-0.4, -0.2) is 48.6 Å². The van der Waals surface area contributed by atoms with Crippen LogP contribution in [0, 0.1) is 12.7 Å². The van der Waals surface area contributed by atoms with Crippen LogP contribution in [-0.2, 0) is 6.54 Å². The van der Waals surface area contributed by atoms with Crippen molar-refractivity contribution in [2.24, 2.45) is 0 Å². The molecule has 0 spiro atoms. The highest BCUT2D eigenvalue weighted by Gasteiger charge is 2.35. The van der Waals surface area contributed by atoms with Crippen molar-refractivity contribution in [1.29, 1.82) is 0 Å². The zero-order valence-corrected chi connectivity index (χ0v) is 16.9.